The fraction of sp³-hybridized carbons (Fsp3) is 1.00. The molecule has 2 nitrogen and oxygen atoms in total. The van der Waals surface area contributed by atoms with Crippen molar-refractivity contribution in [1.82, 2.24) is 5.32 Å². The largest absolute Gasteiger partial charge is 0.394 e. The van der Waals surface area contributed by atoms with E-state index in [-0.39, 0.29) is 12.1 Å². The molecule has 0 aromatic carbocycles. The van der Waals surface area contributed by atoms with Gasteiger partial charge in [-0.3, -0.25) is 0 Å². The number of hydrogen-bond acceptors (Lipinski definition) is 2. The Morgan fingerprint density at radius 3 is 2.55 bits per heavy atom. The van der Waals surface area contributed by atoms with Gasteiger partial charge in [0.1, 0.15) is 0 Å². The molecule has 1 fully saturated rings. The van der Waals surface area contributed by atoms with Crippen LogP contribution in [0.2, 0.25) is 0 Å². The topological polar surface area (TPSA) is 32.3 Å². The molecule has 0 saturated heterocycles. The molecule has 0 radical (unpaired) electrons. The van der Waals surface area contributed by atoms with Crippen molar-refractivity contribution in [3.05, 3.63) is 0 Å². The summed E-state index contributed by atoms with van der Waals surface area (Å²) in [5.41, 5.74) is -0.0179. The van der Waals surface area contributed by atoms with Gasteiger partial charge in [-0.1, -0.05) is 13.3 Å². The number of aliphatic hydroxyl groups is 1. The zero-order chi connectivity index (χ0) is 8.32. The molecule has 0 spiro atoms. The van der Waals surface area contributed by atoms with E-state index in [0.29, 0.717) is 6.04 Å². The first kappa shape index (κ1) is 9.01. The highest BCUT2D eigenvalue weighted by molar-refractivity contribution is 4.91. The Morgan fingerprint density at radius 1 is 1.55 bits per heavy atom. The first-order chi connectivity index (χ1) is 5.20. The third-order valence-corrected chi connectivity index (χ3v) is 2.28. The maximum absolute atomic E-state index is 9.13. The zero-order valence-corrected chi connectivity index (χ0v) is 7.56. The minimum absolute atomic E-state index is 0.0179. The number of rotatable bonds is 5. The first-order valence-electron chi connectivity index (χ1n) is 4.59. The lowest BCUT2D eigenvalue weighted by Gasteiger charge is -2.28. The van der Waals surface area contributed by atoms with Gasteiger partial charge in [0, 0.05) is 11.6 Å². The highest BCUT2D eigenvalue weighted by Gasteiger charge is 2.30. The van der Waals surface area contributed by atoms with Crippen molar-refractivity contribution < 1.29 is 5.11 Å². The molecule has 1 saturated carbocycles. The Morgan fingerprint density at radius 2 is 2.18 bits per heavy atom. The molecule has 0 amide bonds. The van der Waals surface area contributed by atoms with Crippen LogP contribution in [-0.4, -0.2) is 23.3 Å². The fourth-order valence-electron chi connectivity index (χ4n) is 1.47. The van der Waals surface area contributed by atoms with E-state index in [4.69, 9.17) is 5.11 Å². The van der Waals surface area contributed by atoms with E-state index in [1.54, 1.807) is 0 Å². The van der Waals surface area contributed by atoms with Crippen LogP contribution in [0.3, 0.4) is 0 Å². The van der Waals surface area contributed by atoms with Gasteiger partial charge < -0.3 is 10.4 Å². The Hall–Kier alpha value is -0.0800. The SMILES string of the molecule is CCCC(C)(CO)NC1CC1. The van der Waals surface area contributed by atoms with Crippen LogP contribution in [-0.2, 0) is 0 Å². The monoisotopic (exact) mass is 157 g/mol. The molecule has 1 aliphatic carbocycles. The summed E-state index contributed by atoms with van der Waals surface area (Å²) in [5, 5.41) is 12.6. The van der Waals surface area contributed by atoms with Crippen molar-refractivity contribution >= 4 is 0 Å². The van der Waals surface area contributed by atoms with Gasteiger partial charge in [0.2, 0.25) is 0 Å². The molecule has 0 aromatic heterocycles. The molecular formula is C9H19NO. The predicted molar refractivity (Wildman–Crippen MR) is 46.6 cm³/mol. The van der Waals surface area contributed by atoms with Crippen LogP contribution in [0.25, 0.3) is 0 Å². The molecule has 11 heavy (non-hydrogen) atoms. The lowest BCUT2D eigenvalue weighted by Crippen LogP contribution is -2.46. The van der Waals surface area contributed by atoms with Crippen LogP contribution in [0, 0.1) is 0 Å². The van der Waals surface area contributed by atoms with Gasteiger partial charge >= 0.3 is 0 Å². The normalized spacial score (nSPS) is 23.2. The standard InChI is InChI=1S/C9H19NO/c1-3-6-9(2,7-11)10-8-4-5-8/h8,10-11H,3-7H2,1-2H3. The smallest absolute Gasteiger partial charge is 0.0610 e. The van der Waals surface area contributed by atoms with Gasteiger partial charge in [0.25, 0.3) is 0 Å². The maximum atomic E-state index is 9.13. The Labute approximate surface area is 69.0 Å². The summed E-state index contributed by atoms with van der Waals surface area (Å²) in [5.74, 6) is 0. The highest BCUT2D eigenvalue weighted by atomic mass is 16.3. The molecule has 1 atom stereocenters. The van der Waals surface area contributed by atoms with Crippen LogP contribution in [0.4, 0.5) is 0 Å². The number of aliphatic hydroxyl groups excluding tert-OH is 1. The zero-order valence-electron chi connectivity index (χ0n) is 7.56. The second-order valence-electron chi connectivity index (χ2n) is 3.89. The van der Waals surface area contributed by atoms with Crippen LogP contribution >= 0.6 is 0 Å². The third kappa shape index (κ3) is 2.80. The molecule has 2 N–H and O–H groups in total. The summed E-state index contributed by atoms with van der Waals surface area (Å²) in [7, 11) is 0. The summed E-state index contributed by atoms with van der Waals surface area (Å²) in [6.45, 7) is 4.52. The van der Waals surface area contributed by atoms with Crippen molar-refractivity contribution in [2.45, 2.75) is 51.1 Å². The van der Waals surface area contributed by atoms with Crippen molar-refractivity contribution in [3.8, 4) is 0 Å². The molecule has 1 rings (SSSR count). The minimum Gasteiger partial charge on any atom is -0.394 e. The molecule has 0 heterocycles. The van der Waals surface area contributed by atoms with Gasteiger partial charge in [-0.25, -0.2) is 0 Å². The first-order valence-corrected chi connectivity index (χ1v) is 4.59. The van der Waals surface area contributed by atoms with Gasteiger partial charge in [-0.05, 0) is 26.2 Å². The average molecular weight is 157 g/mol. The second kappa shape index (κ2) is 3.55. The van der Waals surface area contributed by atoms with Crippen molar-refractivity contribution in [2.75, 3.05) is 6.61 Å². The van der Waals surface area contributed by atoms with Crippen molar-refractivity contribution in [2.24, 2.45) is 0 Å². The van der Waals surface area contributed by atoms with Gasteiger partial charge in [0.05, 0.1) is 6.61 Å². The van der Waals surface area contributed by atoms with E-state index in [0.717, 1.165) is 12.8 Å². The number of nitrogens with one attached hydrogen (secondary N) is 1. The van der Waals surface area contributed by atoms with E-state index in [1.165, 1.54) is 12.8 Å². The summed E-state index contributed by atoms with van der Waals surface area (Å²) in [6, 6.07) is 0.693. The molecule has 0 aromatic rings. The van der Waals surface area contributed by atoms with E-state index < -0.39 is 0 Å². The molecule has 66 valence electrons. The van der Waals surface area contributed by atoms with Crippen LogP contribution in [0.5, 0.6) is 0 Å². The van der Waals surface area contributed by atoms with E-state index >= 15 is 0 Å². The summed E-state index contributed by atoms with van der Waals surface area (Å²) < 4.78 is 0. The molecule has 0 bridgehead atoms. The maximum Gasteiger partial charge on any atom is 0.0610 e. The highest BCUT2D eigenvalue weighted by Crippen LogP contribution is 2.24. The lowest BCUT2D eigenvalue weighted by molar-refractivity contribution is 0.163. The van der Waals surface area contributed by atoms with E-state index in [9.17, 15) is 0 Å². The van der Waals surface area contributed by atoms with Gasteiger partial charge in [0.15, 0.2) is 0 Å². The number of hydrogen-bond donors (Lipinski definition) is 2. The summed E-state index contributed by atoms with van der Waals surface area (Å²) in [4.78, 5) is 0. The Kier molecular flexibility index (Phi) is 2.90. The van der Waals surface area contributed by atoms with Crippen molar-refractivity contribution in [3.63, 3.8) is 0 Å². The van der Waals surface area contributed by atoms with Gasteiger partial charge in [-0.15, -0.1) is 0 Å². The Bertz CT molecular complexity index is 123. The van der Waals surface area contributed by atoms with Crippen LogP contribution < -0.4 is 5.32 Å². The quantitative estimate of drug-likeness (QED) is 0.630. The molecule has 0 aliphatic heterocycles. The van der Waals surface area contributed by atoms with Crippen LogP contribution in [0.15, 0.2) is 0 Å². The lowest BCUT2D eigenvalue weighted by atomic mass is 9.97. The van der Waals surface area contributed by atoms with Crippen LogP contribution in [0.1, 0.15) is 39.5 Å². The fourth-order valence-corrected chi connectivity index (χ4v) is 1.47. The molecule has 2 heteroatoms. The Balaban J connectivity index is 2.29. The summed E-state index contributed by atoms with van der Waals surface area (Å²) in [6.07, 6.45) is 4.79. The molecule has 1 aliphatic rings. The molecular weight excluding hydrogens is 138 g/mol. The van der Waals surface area contributed by atoms with Crippen molar-refractivity contribution in [1.29, 1.82) is 0 Å². The van der Waals surface area contributed by atoms with Gasteiger partial charge in [-0.2, -0.15) is 0 Å². The van der Waals surface area contributed by atoms with E-state index in [1.807, 2.05) is 0 Å². The minimum atomic E-state index is -0.0179. The predicted octanol–water partition coefficient (Wildman–Crippen LogP) is 1.29. The third-order valence-electron chi connectivity index (χ3n) is 2.28. The average Bonchev–Trinajstić information content (AvgIpc) is 2.73. The molecule has 1 unspecified atom stereocenters. The summed E-state index contributed by atoms with van der Waals surface area (Å²) >= 11 is 0. The second-order valence-corrected chi connectivity index (χ2v) is 3.89. The van der Waals surface area contributed by atoms with E-state index in [2.05, 4.69) is 19.2 Å².